The molecule has 1 aliphatic rings. The van der Waals surface area contributed by atoms with Gasteiger partial charge in [-0.3, -0.25) is 9.69 Å². The molecule has 0 spiro atoms. The molecular formula is C13H21N3O3. The fourth-order valence-electron chi connectivity index (χ4n) is 2.56. The maximum Gasteiger partial charge on any atom is 0.309 e. The number of rotatable bonds is 4. The standard InChI is InChI=1S/C13H21N3O3/c1-9-14-15-11(19-9)8-16-6-4-5-10(7-16)13(2,3)12(17)18/h10H,4-8H2,1-3H3,(H,17,18). The molecule has 1 N–H and O–H groups in total. The van der Waals surface area contributed by atoms with E-state index in [2.05, 4.69) is 15.1 Å². The van der Waals surface area contributed by atoms with Crippen LogP contribution in [0.5, 0.6) is 0 Å². The highest BCUT2D eigenvalue weighted by Gasteiger charge is 2.39. The summed E-state index contributed by atoms with van der Waals surface area (Å²) in [5.74, 6) is 0.594. The first-order valence-electron chi connectivity index (χ1n) is 6.64. The largest absolute Gasteiger partial charge is 0.481 e. The van der Waals surface area contributed by atoms with Gasteiger partial charge in [-0.15, -0.1) is 10.2 Å². The normalized spacial score (nSPS) is 21.5. The molecule has 1 fully saturated rings. The molecule has 2 heterocycles. The molecule has 6 nitrogen and oxygen atoms in total. The molecule has 0 aliphatic carbocycles. The van der Waals surface area contributed by atoms with Gasteiger partial charge in [0, 0.05) is 13.5 Å². The van der Waals surface area contributed by atoms with E-state index in [-0.39, 0.29) is 5.92 Å². The Labute approximate surface area is 112 Å². The average molecular weight is 267 g/mol. The van der Waals surface area contributed by atoms with Crippen molar-refractivity contribution in [3.8, 4) is 0 Å². The number of hydrogen-bond acceptors (Lipinski definition) is 5. The summed E-state index contributed by atoms with van der Waals surface area (Å²) in [6.07, 6.45) is 1.97. The van der Waals surface area contributed by atoms with Gasteiger partial charge in [-0.2, -0.15) is 0 Å². The Morgan fingerprint density at radius 2 is 2.26 bits per heavy atom. The minimum atomic E-state index is -0.729. The summed E-state index contributed by atoms with van der Waals surface area (Å²) in [6.45, 7) is 7.70. The van der Waals surface area contributed by atoms with Crippen LogP contribution >= 0.6 is 0 Å². The van der Waals surface area contributed by atoms with Gasteiger partial charge in [-0.25, -0.2) is 0 Å². The fourth-order valence-corrected chi connectivity index (χ4v) is 2.56. The molecule has 6 heteroatoms. The number of nitrogens with zero attached hydrogens (tertiary/aromatic N) is 3. The van der Waals surface area contributed by atoms with Gasteiger partial charge in [0.1, 0.15) is 0 Å². The number of carboxylic acid groups (broad SMARTS) is 1. The average Bonchev–Trinajstić information content (AvgIpc) is 2.75. The number of hydrogen-bond donors (Lipinski definition) is 1. The van der Waals surface area contributed by atoms with Crippen molar-refractivity contribution in [3.63, 3.8) is 0 Å². The third-order valence-electron chi connectivity index (χ3n) is 4.00. The number of aryl methyl sites for hydroxylation is 1. The van der Waals surface area contributed by atoms with Crippen LogP contribution in [0, 0.1) is 18.3 Å². The molecule has 2 rings (SSSR count). The van der Waals surface area contributed by atoms with Gasteiger partial charge in [0.25, 0.3) is 0 Å². The zero-order valence-electron chi connectivity index (χ0n) is 11.7. The lowest BCUT2D eigenvalue weighted by Gasteiger charge is -2.38. The SMILES string of the molecule is Cc1nnc(CN2CCCC(C(C)(C)C(=O)O)C2)o1. The first-order valence-corrected chi connectivity index (χ1v) is 6.64. The third-order valence-corrected chi connectivity index (χ3v) is 4.00. The summed E-state index contributed by atoms with van der Waals surface area (Å²) in [5, 5.41) is 17.1. The molecule has 0 bridgehead atoms. The number of aliphatic carboxylic acids is 1. The molecule has 1 unspecified atom stereocenters. The summed E-state index contributed by atoms with van der Waals surface area (Å²) in [7, 11) is 0. The molecule has 0 radical (unpaired) electrons. The molecule has 19 heavy (non-hydrogen) atoms. The first kappa shape index (κ1) is 14.0. The van der Waals surface area contributed by atoms with Crippen LogP contribution in [0.25, 0.3) is 0 Å². The van der Waals surface area contributed by atoms with Crippen LogP contribution in [0.2, 0.25) is 0 Å². The van der Waals surface area contributed by atoms with E-state index in [4.69, 9.17) is 4.42 Å². The highest BCUT2D eigenvalue weighted by molar-refractivity contribution is 5.74. The highest BCUT2D eigenvalue weighted by Crippen LogP contribution is 2.34. The Bertz CT molecular complexity index is 456. The van der Waals surface area contributed by atoms with E-state index >= 15 is 0 Å². The quantitative estimate of drug-likeness (QED) is 0.894. The summed E-state index contributed by atoms with van der Waals surface area (Å²) in [5.41, 5.74) is -0.691. The smallest absolute Gasteiger partial charge is 0.309 e. The van der Waals surface area contributed by atoms with Crippen LogP contribution in [0.15, 0.2) is 4.42 Å². The molecular weight excluding hydrogens is 246 g/mol. The number of likely N-dealkylation sites (tertiary alicyclic amines) is 1. The summed E-state index contributed by atoms with van der Waals surface area (Å²) >= 11 is 0. The van der Waals surface area contributed by atoms with Gasteiger partial charge < -0.3 is 9.52 Å². The first-order chi connectivity index (χ1) is 8.89. The van der Waals surface area contributed by atoms with Crippen molar-refractivity contribution in [3.05, 3.63) is 11.8 Å². The van der Waals surface area contributed by atoms with Crippen molar-refractivity contribution in [2.75, 3.05) is 13.1 Å². The Kier molecular flexibility index (Phi) is 3.89. The Hall–Kier alpha value is -1.43. The van der Waals surface area contributed by atoms with Crippen molar-refractivity contribution in [1.82, 2.24) is 15.1 Å². The maximum atomic E-state index is 11.3. The highest BCUT2D eigenvalue weighted by atomic mass is 16.4. The van der Waals surface area contributed by atoms with Gasteiger partial charge in [0.2, 0.25) is 11.8 Å². The van der Waals surface area contributed by atoms with Crippen molar-refractivity contribution in [2.24, 2.45) is 11.3 Å². The number of piperidine rings is 1. The van der Waals surface area contributed by atoms with Gasteiger partial charge in [0.05, 0.1) is 12.0 Å². The van der Waals surface area contributed by atoms with Crippen molar-refractivity contribution in [2.45, 2.75) is 40.2 Å². The minimum Gasteiger partial charge on any atom is -0.481 e. The van der Waals surface area contributed by atoms with Gasteiger partial charge >= 0.3 is 5.97 Å². The van der Waals surface area contributed by atoms with E-state index in [1.807, 2.05) is 0 Å². The van der Waals surface area contributed by atoms with E-state index in [9.17, 15) is 9.90 Å². The Morgan fingerprint density at radius 1 is 1.53 bits per heavy atom. The van der Waals surface area contributed by atoms with E-state index < -0.39 is 11.4 Å². The predicted molar refractivity (Wildman–Crippen MR) is 68.5 cm³/mol. The monoisotopic (exact) mass is 267 g/mol. The molecule has 1 aliphatic heterocycles. The number of aromatic nitrogens is 2. The predicted octanol–water partition coefficient (Wildman–Crippen LogP) is 1.70. The van der Waals surface area contributed by atoms with E-state index in [0.717, 1.165) is 25.9 Å². The van der Waals surface area contributed by atoms with Gasteiger partial charge in [0.15, 0.2) is 0 Å². The Balaban J connectivity index is 1.99. The zero-order valence-corrected chi connectivity index (χ0v) is 11.7. The van der Waals surface area contributed by atoms with Crippen LogP contribution < -0.4 is 0 Å². The van der Waals surface area contributed by atoms with Crippen LogP contribution in [-0.4, -0.2) is 39.3 Å². The van der Waals surface area contributed by atoms with Gasteiger partial charge in [-0.1, -0.05) is 0 Å². The summed E-state index contributed by atoms with van der Waals surface area (Å²) < 4.78 is 5.37. The topological polar surface area (TPSA) is 79.5 Å². The van der Waals surface area contributed by atoms with Crippen molar-refractivity contribution >= 4 is 5.97 Å². The zero-order chi connectivity index (χ0) is 14.0. The molecule has 0 aromatic carbocycles. The van der Waals surface area contributed by atoms with Crippen LogP contribution in [0.3, 0.4) is 0 Å². The van der Waals surface area contributed by atoms with E-state index in [0.29, 0.717) is 18.3 Å². The lowest BCUT2D eigenvalue weighted by atomic mass is 9.74. The van der Waals surface area contributed by atoms with Crippen molar-refractivity contribution in [1.29, 1.82) is 0 Å². The second-order valence-corrected chi connectivity index (χ2v) is 5.82. The Morgan fingerprint density at radius 3 is 2.84 bits per heavy atom. The molecule has 106 valence electrons. The van der Waals surface area contributed by atoms with Crippen LogP contribution in [0.1, 0.15) is 38.5 Å². The van der Waals surface area contributed by atoms with E-state index in [1.165, 1.54) is 0 Å². The number of carboxylic acids is 1. The molecule has 1 aromatic heterocycles. The summed E-state index contributed by atoms with van der Waals surface area (Å²) in [4.78, 5) is 13.5. The fraction of sp³-hybridized carbons (Fsp3) is 0.769. The second-order valence-electron chi connectivity index (χ2n) is 5.82. The third kappa shape index (κ3) is 3.12. The summed E-state index contributed by atoms with van der Waals surface area (Å²) in [6, 6.07) is 0. The lowest BCUT2D eigenvalue weighted by Crippen LogP contribution is -2.44. The molecule has 0 amide bonds. The van der Waals surface area contributed by atoms with Gasteiger partial charge in [-0.05, 0) is 39.2 Å². The number of carbonyl (C=O) groups is 1. The van der Waals surface area contributed by atoms with E-state index in [1.54, 1.807) is 20.8 Å². The molecule has 1 saturated heterocycles. The molecule has 0 saturated carbocycles. The van der Waals surface area contributed by atoms with Crippen LogP contribution in [-0.2, 0) is 11.3 Å². The molecule has 1 atom stereocenters. The maximum absolute atomic E-state index is 11.3. The van der Waals surface area contributed by atoms with Crippen molar-refractivity contribution < 1.29 is 14.3 Å². The molecule has 1 aromatic rings. The minimum absolute atomic E-state index is 0.155. The lowest BCUT2D eigenvalue weighted by molar-refractivity contribution is -0.151. The van der Waals surface area contributed by atoms with Crippen LogP contribution in [0.4, 0.5) is 0 Å². The second kappa shape index (κ2) is 5.28.